The van der Waals surface area contributed by atoms with Crippen LogP contribution in [0.5, 0.6) is 5.75 Å². The number of benzene rings is 2. The van der Waals surface area contributed by atoms with Gasteiger partial charge in [0.2, 0.25) is 0 Å². The van der Waals surface area contributed by atoms with Crippen molar-refractivity contribution in [1.29, 1.82) is 0 Å². The largest absolute Gasteiger partial charge is 0.497 e. The first-order valence-corrected chi connectivity index (χ1v) is 6.92. The number of ether oxygens (including phenoxy) is 1. The Morgan fingerprint density at radius 3 is 2.65 bits per heavy atom. The van der Waals surface area contributed by atoms with E-state index >= 15 is 0 Å². The molecule has 20 heavy (non-hydrogen) atoms. The van der Waals surface area contributed by atoms with Gasteiger partial charge in [-0.1, -0.05) is 22.0 Å². The van der Waals surface area contributed by atoms with Crippen LogP contribution < -0.4 is 4.74 Å². The number of carbonyl (C=O) groups excluding carboxylic acids is 1. The standard InChI is InChI=1S/C16H14BrFO2/c1-10-3-5-13(15(18)7-10)16(19)9-11-8-12(20-2)4-6-14(11)17/h3-8H,9H2,1-2H3. The zero-order valence-corrected chi connectivity index (χ0v) is 12.8. The average molecular weight is 337 g/mol. The lowest BCUT2D eigenvalue weighted by atomic mass is 10.0. The van der Waals surface area contributed by atoms with Crippen molar-refractivity contribution in [3.8, 4) is 5.75 Å². The molecular formula is C16H14BrFO2. The number of rotatable bonds is 4. The van der Waals surface area contributed by atoms with Crippen molar-refractivity contribution < 1.29 is 13.9 Å². The third kappa shape index (κ3) is 3.25. The van der Waals surface area contributed by atoms with Crippen molar-refractivity contribution in [2.75, 3.05) is 7.11 Å². The van der Waals surface area contributed by atoms with E-state index in [1.54, 1.807) is 32.2 Å². The van der Waals surface area contributed by atoms with Gasteiger partial charge in [-0.3, -0.25) is 4.79 Å². The van der Waals surface area contributed by atoms with Crippen LogP contribution in [0.2, 0.25) is 0 Å². The highest BCUT2D eigenvalue weighted by Crippen LogP contribution is 2.24. The minimum Gasteiger partial charge on any atom is -0.497 e. The Kier molecular flexibility index (Phi) is 4.55. The van der Waals surface area contributed by atoms with E-state index < -0.39 is 5.82 Å². The first-order chi connectivity index (χ1) is 9.51. The summed E-state index contributed by atoms with van der Waals surface area (Å²) < 4.78 is 19.7. The zero-order chi connectivity index (χ0) is 14.7. The van der Waals surface area contributed by atoms with Gasteiger partial charge in [0.25, 0.3) is 0 Å². The smallest absolute Gasteiger partial charge is 0.170 e. The molecule has 0 aromatic heterocycles. The summed E-state index contributed by atoms with van der Waals surface area (Å²) in [7, 11) is 1.56. The molecule has 0 aliphatic rings. The van der Waals surface area contributed by atoms with Crippen LogP contribution in [0.1, 0.15) is 21.5 Å². The molecular weight excluding hydrogens is 323 g/mol. The van der Waals surface area contributed by atoms with Crippen molar-refractivity contribution in [3.63, 3.8) is 0 Å². The van der Waals surface area contributed by atoms with Gasteiger partial charge < -0.3 is 4.74 Å². The summed E-state index contributed by atoms with van der Waals surface area (Å²) in [6.45, 7) is 1.79. The van der Waals surface area contributed by atoms with Crippen molar-refractivity contribution >= 4 is 21.7 Å². The van der Waals surface area contributed by atoms with E-state index in [0.29, 0.717) is 5.75 Å². The molecule has 0 saturated carbocycles. The van der Waals surface area contributed by atoms with E-state index in [2.05, 4.69) is 15.9 Å². The number of methoxy groups -OCH3 is 1. The quantitative estimate of drug-likeness (QED) is 0.776. The lowest BCUT2D eigenvalue weighted by Crippen LogP contribution is -2.07. The van der Waals surface area contributed by atoms with Crippen molar-refractivity contribution in [2.45, 2.75) is 13.3 Å². The number of Topliss-reactive ketones (excluding diaryl/α,β-unsaturated/α-hetero) is 1. The highest BCUT2D eigenvalue weighted by molar-refractivity contribution is 9.10. The minimum atomic E-state index is -0.478. The SMILES string of the molecule is COc1ccc(Br)c(CC(=O)c2ccc(C)cc2F)c1. The van der Waals surface area contributed by atoms with Crippen LogP contribution >= 0.6 is 15.9 Å². The zero-order valence-electron chi connectivity index (χ0n) is 11.2. The molecule has 0 saturated heterocycles. The Balaban J connectivity index is 2.27. The number of hydrogen-bond donors (Lipinski definition) is 0. The van der Waals surface area contributed by atoms with Gasteiger partial charge >= 0.3 is 0 Å². The van der Waals surface area contributed by atoms with Gasteiger partial charge in [-0.05, 0) is 48.4 Å². The molecule has 2 rings (SSSR count). The third-order valence-electron chi connectivity index (χ3n) is 3.03. The lowest BCUT2D eigenvalue weighted by molar-refractivity contribution is 0.0989. The molecule has 0 bridgehead atoms. The second kappa shape index (κ2) is 6.18. The highest BCUT2D eigenvalue weighted by Gasteiger charge is 2.14. The van der Waals surface area contributed by atoms with Crippen LogP contribution in [0, 0.1) is 12.7 Å². The molecule has 2 aromatic carbocycles. The molecule has 0 spiro atoms. The van der Waals surface area contributed by atoms with Gasteiger partial charge in [-0.25, -0.2) is 4.39 Å². The Bertz CT molecular complexity index is 653. The molecule has 0 fully saturated rings. The van der Waals surface area contributed by atoms with E-state index in [1.807, 2.05) is 6.07 Å². The Hall–Kier alpha value is -1.68. The summed E-state index contributed by atoms with van der Waals surface area (Å²) in [5, 5.41) is 0. The number of ketones is 1. The number of halogens is 2. The summed E-state index contributed by atoms with van der Waals surface area (Å²) in [5.41, 5.74) is 1.68. The lowest BCUT2D eigenvalue weighted by Gasteiger charge is -2.08. The maximum absolute atomic E-state index is 13.8. The van der Waals surface area contributed by atoms with E-state index in [-0.39, 0.29) is 17.8 Å². The fraction of sp³-hybridized carbons (Fsp3) is 0.188. The average Bonchev–Trinajstić information content (AvgIpc) is 2.41. The van der Waals surface area contributed by atoms with Crippen molar-refractivity contribution in [3.05, 3.63) is 63.4 Å². The Morgan fingerprint density at radius 1 is 1.25 bits per heavy atom. The monoisotopic (exact) mass is 336 g/mol. The van der Waals surface area contributed by atoms with Crippen LogP contribution in [-0.2, 0) is 6.42 Å². The fourth-order valence-corrected chi connectivity index (χ4v) is 2.31. The van der Waals surface area contributed by atoms with E-state index in [1.165, 1.54) is 12.1 Å². The predicted molar refractivity (Wildman–Crippen MR) is 79.9 cm³/mol. The van der Waals surface area contributed by atoms with E-state index in [4.69, 9.17) is 4.74 Å². The predicted octanol–water partition coefficient (Wildman–Crippen LogP) is 4.33. The highest BCUT2D eigenvalue weighted by atomic mass is 79.9. The molecule has 0 radical (unpaired) electrons. The molecule has 4 heteroatoms. The third-order valence-corrected chi connectivity index (χ3v) is 3.80. The van der Waals surface area contributed by atoms with Crippen molar-refractivity contribution in [1.82, 2.24) is 0 Å². The normalized spacial score (nSPS) is 10.4. The van der Waals surface area contributed by atoms with Gasteiger partial charge in [0.05, 0.1) is 12.7 Å². The molecule has 2 nitrogen and oxygen atoms in total. The number of aryl methyl sites for hydroxylation is 1. The minimum absolute atomic E-state index is 0.116. The first kappa shape index (κ1) is 14.7. The number of hydrogen-bond acceptors (Lipinski definition) is 2. The molecule has 0 aliphatic heterocycles. The molecule has 0 atom stereocenters. The van der Waals surface area contributed by atoms with Crippen LogP contribution in [0.25, 0.3) is 0 Å². The summed E-state index contributed by atoms with van der Waals surface area (Å²) in [5.74, 6) is -0.0640. The van der Waals surface area contributed by atoms with Gasteiger partial charge in [0, 0.05) is 10.9 Å². The molecule has 0 unspecified atom stereocenters. The van der Waals surface area contributed by atoms with Crippen LogP contribution in [0.15, 0.2) is 40.9 Å². The molecule has 104 valence electrons. The molecule has 0 N–H and O–H groups in total. The maximum Gasteiger partial charge on any atom is 0.170 e. The first-order valence-electron chi connectivity index (χ1n) is 6.13. The molecule has 0 heterocycles. The Morgan fingerprint density at radius 2 is 2.00 bits per heavy atom. The van der Waals surface area contributed by atoms with E-state index in [0.717, 1.165) is 15.6 Å². The van der Waals surface area contributed by atoms with Gasteiger partial charge in [-0.15, -0.1) is 0 Å². The summed E-state index contributed by atoms with van der Waals surface area (Å²) >= 11 is 3.39. The topological polar surface area (TPSA) is 26.3 Å². The van der Waals surface area contributed by atoms with Crippen LogP contribution in [0.4, 0.5) is 4.39 Å². The summed E-state index contributed by atoms with van der Waals surface area (Å²) in [6, 6.07) is 10.0. The summed E-state index contributed by atoms with van der Waals surface area (Å²) in [6.07, 6.45) is 0.123. The van der Waals surface area contributed by atoms with Gasteiger partial charge in [0.1, 0.15) is 11.6 Å². The van der Waals surface area contributed by atoms with Crippen LogP contribution in [0.3, 0.4) is 0 Å². The van der Waals surface area contributed by atoms with Gasteiger partial charge in [-0.2, -0.15) is 0 Å². The van der Waals surface area contributed by atoms with Crippen LogP contribution in [-0.4, -0.2) is 12.9 Å². The van der Waals surface area contributed by atoms with E-state index in [9.17, 15) is 9.18 Å². The Labute approximate surface area is 125 Å². The summed E-state index contributed by atoms with van der Waals surface area (Å²) in [4.78, 5) is 12.2. The van der Waals surface area contributed by atoms with Crippen molar-refractivity contribution in [2.24, 2.45) is 0 Å². The second-order valence-corrected chi connectivity index (χ2v) is 5.39. The number of carbonyl (C=O) groups is 1. The molecule has 0 amide bonds. The maximum atomic E-state index is 13.8. The molecule has 0 aliphatic carbocycles. The second-order valence-electron chi connectivity index (χ2n) is 4.54. The molecule has 2 aromatic rings. The van der Waals surface area contributed by atoms with Gasteiger partial charge in [0.15, 0.2) is 5.78 Å². The fourth-order valence-electron chi connectivity index (χ4n) is 1.93.